The molecule has 1 heterocycles. The fourth-order valence-electron chi connectivity index (χ4n) is 1.05. The molecule has 0 aliphatic carbocycles. The SMILES string of the molecule is COc1cccc(NCCOCC(N)=O)n1. The van der Waals surface area contributed by atoms with Gasteiger partial charge in [-0.2, -0.15) is 4.98 Å². The maximum absolute atomic E-state index is 10.4. The molecular weight excluding hydrogens is 210 g/mol. The number of hydrogen-bond donors (Lipinski definition) is 2. The number of nitrogens with two attached hydrogens (primary N) is 1. The number of carbonyl (C=O) groups excluding carboxylic acids is 1. The topological polar surface area (TPSA) is 86.5 Å². The third-order valence-electron chi connectivity index (χ3n) is 1.73. The molecular formula is C10H15N3O3. The minimum Gasteiger partial charge on any atom is -0.481 e. The number of rotatable bonds is 7. The molecule has 6 nitrogen and oxygen atoms in total. The summed E-state index contributed by atoms with van der Waals surface area (Å²) in [6.45, 7) is 0.877. The van der Waals surface area contributed by atoms with Crippen LogP contribution in [0.5, 0.6) is 5.88 Å². The van der Waals surface area contributed by atoms with Crippen LogP contribution >= 0.6 is 0 Å². The lowest BCUT2D eigenvalue weighted by atomic mass is 10.4. The number of ether oxygens (including phenoxy) is 2. The van der Waals surface area contributed by atoms with E-state index in [0.717, 1.165) is 0 Å². The summed E-state index contributed by atoms with van der Waals surface area (Å²) in [5, 5.41) is 3.02. The zero-order valence-corrected chi connectivity index (χ0v) is 9.10. The van der Waals surface area contributed by atoms with E-state index in [4.69, 9.17) is 15.2 Å². The van der Waals surface area contributed by atoms with Gasteiger partial charge >= 0.3 is 0 Å². The Morgan fingerprint density at radius 2 is 2.38 bits per heavy atom. The van der Waals surface area contributed by atoms with Gasteiger partial charge in [0.15, 0.2) is 0 Å². The smallest absolute Gasteiger partial charge is 0.243 e. The number of amides is 1. The molecule has 0 unspecified atom stereocenters. The van der Waals surface area contributed by atoms with Crippen LogP contribution in [-0.2, 0) is 9.53 Å². The van der Waals surface area contributed by atoms with Crippen LogP contribution in [0.4, 0.5) is 5.82 Å². The third kappa shape index (κ3) is 4.61. The van der Waals surface area contributed by atoms with Crippen molar-refractivity contribution in [1.29, 1.82) is 0 Å². The highest BCUT2D eigenvalue weighted by atomic mass is 16.5. The number of anilines is 1. The van der Waals surface area contributed by atoms with Gasteiger partial charge in [-0.15, -0.1) is 0 Å². The van der Waals surface area contributed by atoms with Crippen molar-refractivity contribution in [2.24, 2.45) is 5.73 Å². The molecule has 0 aromatic carbocycles. The van der Waals surface area contributed by atoms with Gasteiger partial charge in [-0.25, -0.2) is 0 Å². The Hall–Kier alpha value is -1.82. The summed E-state index contributed by atoms with van der Waals surface area (Å²) in [4.78, 5) is 14.5. The highest BCUT2D eigenvalue weighted by molar-refractivity contribution is 5.74. The standard InChI is InChI=1S/C10H15N3O3/c1-15-10-4-2-3-9(13-10)12-5-6-16-7-8(11)14/h2-4H,5-7H2,1H3,(H2,11,14)(H,12,13). The summed E-state index contributed by atoms with van der Waals surface area (Å²) in [6, 6.07) is 5.41. The number of aromatic nitrogens is 1. The fraction of sp³-hybridized carbons (Fsp3) is 0.400. The monoisotopic (exact) mass is 225 g/mol. The van der Waals surface area contributed by atoms with Gasteiger partial charge in [0.25, 0.3) is 0 Å². The highest BCUT2D eigenvalue weighted by Gasteiger charge is 1.97. The quantitative estimate of drug-likeness (QED) is 0.638. The zero-order valence-electron chi connectivity index (χ0n) is 9.10. The first-order valence-corrected chi connectivity index (χ1v) is 4.83. The van der Waals surface area contributed by atoms with Gasteiger partial charge in [-0.1, -0.05) is 6.07 Å². The molecule has 1 amide bonds. The number of pyridine rings is 1. The summed E-state index contributed by atoms with van der Waals surface area (Å²) >= 11 is 0. The van der Waals surface area contributed by atoms with Gasteiger partial charge in [-0.05, 0) is 6.07 Å². The van der Waals surface area contributed by atoms with Crippen molar-refractivity contribution in [2.45, 2.75) is 0 Å². The molecule has 0 atom stereocenters. The molecule has 1 rings (SSSR count). The van der Waals surface area contributed by atoms with E-state index in [-0.39, 0.29) is 6.61 Å². The largest absolute Gasteiger partial charge is 0.481 e. The molecule has 6 heteroatoms. The van der Waals surface area contributed by atoms with Crippen LogP contribution in [0.1, 0.15) is 0 Å². The zero-order chi connectivity index (χ0) is 11.8. The van der Waals surface area contributed by atoms with Crippen molar-refractivity contribution in [3.05, 3.63) is 18.2 Å². The van der Waals surface area contributed by atoms with E-state index >= 15 is 0 Å². The van der Waals surface area contributed by atoms with Crippen molar-refractivity contribution in [1.82, 2.24) is 4.98 Å². The summed E-state index contributed by atoms with van der Waals surface area (Å²) in [5.41, 5.74) is 4.91. The molecule has 0 radical (unpaired) electrons. The molecule has 0 spiro atoms. The summed E-state index contributed by atoms with van der Waals surface area (Å²) in [6.07, 6.45) is 0. The van der Waals surface area contributed by atoms with Gasteiger partial charge in [0.1, 0.15) is 12.4 Å². The van der Waals surface area contributed by atoms with E-state index in [1.54, 1.807) is 13.2 Å². The first kappa shape index (κ1) is 12.3. The van der Waals surface area contributed by atoms with E-state index in [0.29, 0.717) is 24.8 Å². The molecule has 0 aliphatic heterocycles. The van der Waals surface area contributed by atoms with Gasteiger partial charge in [-0.3, -0.25) is 4.79 Å². The maximum atomic E-state index is 10.4. The minimum atomic E-state index is -0.473. The number of carbonyl (C=O) groups is 1. The van der Waals surface area contributed by atoms with Gasteiger partial charge in [0, 0.05) is 12.6 Å². The van der Waals surface area contributed by atoms with Crippen molar-refractivity contribution < 1.29 is 14.3 Å². The molecule has 1 aromatic rings. The van der Waals surface area contributed by atoms with Gasteiger partial charge in [0.05, 0.1) is 13.7 Å². The Bertz CT molecular complexity index is 344. The van der Waals surface area contributed by atoms with E-state index in [9.17, 15) is 4.79 Å². The molecule has 0 aliphatic rings. The minimum absolute atomic E-state index is 0.0623. The van der Waals surface area contributed by atoms with E-state index in [1.807, 2.05) is 12.1 Å². The predicted octanol–water partition coefficient (Wildman–Crippen LogP) is 0.00400. The van der Waals surface area contributed by atoms with Crippen LogP contribution < -0.4 is 15.8 Å². The first-order valence-electron chi connectivity index (χ1n) is 4.83. The molecule has 0 fully saturated rings. The lowest BCUT2D eigenvalue weighted by Gasteiger charge is -2.06. The molecule has 16 heavy (non-hydrogen) atoms. The first-order chi connectivity index (χ1) is 7.72. The number of nitrogens with one attached hydrogen (secondary N) is 1. The highest BCUT2D eigenvalue weighted by Crippen LogP contribution is 2.09. The number of hydrogen-bond acceptors (Lipinski definition) is 5. The second-order valence-electron chi connectivity index (χ2n) is 3.01. The fourth-order valence-corrected chi connectivity index (χ4v) is 1.05. The van der Waals surface area contributed by atoms with Crippen molar-refractivity contribution in [3.8, 4) is 5.88 Å². The van der Waals surface area contributed by atoms with Gasteiger partial charge < -0.3 is 20.5 Å². The average molecular weight is 225 g/mol. The summed E-state index contributed by atoms with van der Waals surface area (Å²) in [7, 11) is 1.56. The van der Waals surface area contributed by atoms with Crippen LogP contribution in [0.25, 0.3) is 0 Å². The van der Waals surface area contributed by atoms with Crippen LogP contribution in [-0.4, -0.2) is 37.8 Å². The Morgan fingerprint density at radius 3 is 3.06 bits per heavy atom. The Kier molecular flexibility index (Phi) is 5.07. The van der Waals surface area contributed by atoms with Crippen LogP contribution in [0.15, 0.2) is 18.2 Å². The van der Waals surface area contributed by atoms with E-state index in [2.05, 4.69) is 10.3 Å². The van der Waals surface area contributed by atoms with Crippen LogP contribution in [0, 0.1) is 0 Å². The van der Waals surface area contributed by atoms with Crippen molar-refractivity contribution >= 4 is 11.7 Å². The third-order valence-corrected chi connectivity index (χ3v) is 1.73. The van der Waals surface area contributed by atoms with E-state index < -0.39 is 5.91 Å². The second-order valence-corrected chi connectivity index (χ2v) is 3.01. The van der Waals surface area contributed by atoms with Crippen molar-refractivity contribution in [2.75, 3.05) is 32.2 Å². The molecule has 88 valence electrons. The average Bonchev–Trinajstić information content (AvgIpc) is 2.28. The molecule has 0 saturated carbocycles. The molecule has 0 saturated heterocycles. The molecule has 1 aromatic heterocycles. The second kappa shape index (κ2) is 6.62. The van der Waals surface area contributed by atoms with E-state index in [1.165, 1.54) is 0 Å². The Balaban J connectivity index is 2.23. The maximum Gasteiger partial charge on any atom is 0.243 e. The van der Waals surface area contributed by atoms with Crippen molar-refractivity contribution in [3.63, 3.8) is 0 Å². The summed E-state index contributed by atoms with van der Waals surface area (Å²) < 4.78 is 9.95. The predicted molar refractivity (Wildman–Crippen MR) is 59.3 cm³/mol. The number of primary amides is 1. The number of methoxy groups -OCH3 is 1. The lowest BCUT2D eigenvalue weighted by molar-refractivity contribution is -0.122. The van der Waals surface area contributed by atoms with Gasteiger partial charge in [0.2, 0.25) is 11.8 Å². The summed E-state index contributed by atoms with van der Waals surface area (Å²) in [5.74, 6) is 0.768. The van der Waals surface area contributed by atoms with Crippen LogP contribution in [0.3, 0.4) is 0 Å². The molecule has 0 bridgehead atoms. The Morgan fingerprint density at radius 1 is 1.56 bits per heavy atom. The normalized spacial score (nSPS) is 9.81. The van der Waals surface area contributed by atoms with Crippen LogP contribution in [0.2, 0.25) is 0 Å². The number of nitrogens with zero attached hydrogens (tertiary/aromatic N) is 1. The Labute approximate surface area is 93.8 Å². The lowest BCUT2D eigenvalue weighted by Crippen LogP contribution is -2.20. The molecule has 3 N–H and O–H groups in total.